The van der Waals surface area contributed by atoms with Crippen LogP contribution in [0.2, 0.25) is 0 Å². The second-order valence-corrected chi connectivity index (χ2v) is 5.57. The van der Waals surface area contributed by atoms with Gasteiger partial charge in [-0.25, -0.2) is 0 Å². The fourth-order valence-electron chi connectivity index (χ4n) is 1.67. The molecule has 1 amide bonds. The molecule has 0 spiro atoms. The minimum absolute atomic E-state index is 0.0637. The van der Waals surface area contributed by atoms with E-state index in [9.17, 15) is 9.59 Å². The van der Waals surface area contributed by atoms with Gasteiger partial charge in [0.05, 0.1) is 18.5 Å². The molecule has 0 radical (unpaired) electrons. The second-order valence-electron chi connectivity index (χ2n) is 4.59. The maximum absolute atomic E-state index is 12.0. The Balaban J connectivity index is 2.73. The van der Waals surface area contributed by atoms with Crippen LogP contribution >= 0.6 is 11.3 Å². The van der Waals surface area contributed by atoms with E-state index in [1.54, 1.807) is 0 Å². The summed E-state index contributed by atoms with van der Waals surface area (Å²) in [5.74, 6) is -1.18. The molecule has 19 heavy (non-hydrogen) atoms. The molecule has 6 heteroatoms. The number of hydrogen-bond donors (Lipinski definition) is 3. The van der Waals surface area contributed by atoms with Crippen molar-refractivity contribution >= 4 is 23.2 Å². The highest BCUT2D eigenvalue weighted by Crippen LogP contribution is 2.22. The monoisotopic (exact) mass is 284 g/mol. The number of nitrogens with two attached hydrogens (primary N) is 1. The quantitative estimate of drug-likeness (QED) is 0.711. The van der Waals surface area contributed by atoms with Crippen LogP contribution in [0.15, 0.2) is 17.5 Å². The van der Waals surface area contributed by atoms with Crippen molar-refractivity contribution in [3.63, 3.8) is 0 Å². The van der Waals surface area contributed by atoms with Gasteiger partial charge >= 0.3 is 5.97 Å². The molecule has 1 aromatic heterocycles. The van der Waals surface area contributed by atoms with E-state index < -0.39 is 18.1 Å². The lowest BCUT2D eigenvalue weighted by Crippen LogP contribution is -2.46. The standard InChI is InChI=1S/C13H20N2O3S/c1-3-8(2)12(14)13(18)15-9(7-11(16)17)10-5-4-6-19-10/h4-6,8-9,12H,3,7,14H2,1-2H3,(H,15,18)(H,16,17)/t8?,9?,12-/m0/s1. The molecule has 5 nitrogen and oxygen atoms in total. The average molecular weight is 284 g/mol. The number of rotatable bonds is 7. The Labute approximate surface area is 116 Å². The van der Waals surface area contributed by atoms with E-state index in [2.05, 4.69) is 5.32 Å². The first-order valence-corrected chi connectivity index (χ1v) is 7.14. The van der Waals surface area contributed by atoms with E-state index >= 15 is 0 Å². The first-order chi connectivity index (χ1) is 8.95. The Morgan fingerprint density at radius 1 is 1.53 bits per heavy atom. The third-order valence-corrected chi connectivity index (χ3v) is 4.13. The topological polar surface area (TPSA) is 92.4 Å². The number of aliphatic carboxylic acids is 1. The maximum atomic E-state index is 12.0. The first-order valence-electron chi connectivity index (χ1n) is 6.26. The van der Waals surface area contributed by atoms with Crippen LogP contribution in [-0.4, -0.2) is 23.0 Å². The molecule has 0 bridgehead atoms. The van der Waals surface area contributed by atoms with E-state index in [0.29, 0.717) is 0 Å². The van der Waals surface area contributed by atoms with Crippen LogP contribution in [0.3, 0.4) is 0 Å². The molecule has 0 aliphatic rings. The molecule has 1 heterocycles. The number of thiophene rings is 1. The van der Waals surface area contributed by atoms with Crippen molar-refractivity contribution in [1.29, 1.82) is 0 Å². The predicted octanol–water partition coefficient (Wildman–Crippen LogP) is 1.75. The van der Waals surface area contributed by atoms with Crippen LogP contribution < -0.4 is 11.1 Å². The largest absolute Gasteiger partial charge is 0.481 e. The van der Waals surface area contributed by atoms with Crippen molar-refractivity contribution in [2.24, 2.45) is 11.7 Å². The lowest BCUT2D eigenvalue weighted by atomic mass is 9.99. The van der Waals surface area contributed by atoms with Gasteiger partial charge in [-0.1, -0.05) is 26.3 Å². The van der Waals surface area contributed by atoms with Crippen LogP contribution in [-0.2, 0) is 9.59 Å². The SMILES string of the molecule is CCC(C)[C@H](N)C(=O)NC(CC(=O)O)c1cccs1. The molecule has 106 valence electrons. The zero-order valence-corrected chi connectivity index (χ0v) is 11.9. The highest BCUT2D eigenvalue weighted by Gasteiger charge is 2.24. The van der Waals surface area contributed by atoms with Gasteiger partial charge in [0.1, 0.15) is 0 Å². The maximum Gasteiger partial charge on any atom is 0.305 e. The Morgan fingerprint density at radius 3 is 2.68 bits per heavy atom. The summed E-state index contributed by atoms with van der Waals surface area (Å²) in [6.45, 7) is 3.87. The number of carbonyl (C=O) groups excluding carboxylic acids is 1. The molecular weight excluding hydrogens is 264 g/mol. The summed E-state index contributed by atoms with van der Waals surface area (Å²) in [5.41, 5.74) is 5.85. The van der Waals surface area contributed by atoms with Crippen molar-refractivity contribution in [1.82, 2.24) is 5.32 Å². The van der Waals surface area contributed by atoms with Crippen molar-refractivity contribution in [3.05, 3.63) is 22.4 Å². The zero-order valence-electron chi connectivity index (χ0n) is 11.1. The Bertz CT molecular complexity index is 420. The van der Waals surface area contributed by atoms with E-state index in [4.69, 9.17) is 10.8 Å². The minimum atomic E-state index is -0.948. The number of carboxylic acid groups (broad SMARTS) is 1. The molecule has 0 aliphatic heterocycles. The Kier molecular flexibility index (Phi) is 5.98. The van der Waals surface area contributed by atoms with E-state index in [-0.39, 0.29) is 18.2 Å². The van der Waals surface area contributed by atoms with Gasteiger partial charge in [0, 0.05) is 4.88 Å². The Hall–Kier alpha value is -1.40. The molecule has 4 N–H and O–H groups in total. The van der Waals surface area contributed by atoms with Crippen LogP contribution in [0, 0.1) is 5.92 Å². The second kappa shape index (κ2) is 7.25. The minimum Gasteiger partial charge on any atom is -0.481 e. The molecule has 3 atom stereocenters. The molecule has 0 aliphatic carbocycles. The van der Waals surface area contributed by atoms with Gasteiger partial charge in [-0.15, -0.1) is 11.3 Å². The average Bonchev–Trinajstić information content (AvgIpc) is 2.89. The first kappa shape index (κ1) is 15.7. The van der Waals surface area contributed by atoms with Crippen LogP contribution in [0.5, 0.6) is 0 Å². The van der Waals surface area contributed by atoms with Gasteiger partial charge < -0.3 is 16.2 Å². The van der Waals surface area contributed by atoms with Crippen molar-refractivity contribution in [2.75, 3.05) is 0 Å². The van der Waals surface area contributed by atoms with E-state index in [1.165, 1.54) is 11.3 Å². The lowest BCUT2D eigenvalue weighted by molar-refractivity contribution is -0.137. The van der Waals surface area contributed by atoms with Gasteiger partial charge in [-0.3, -0.25) is 9.59 Å². The van der Waals surface area contributed by atoms with Crippen molar-refractivity contribution < 1.29 is 14.7 Å². The highest BCUT2D eigenvalue weighted by molar-refractivity contribution is 7.10. The number of hydrogen-bond acceptors (Lipinski definition) is 4. The highest BCUT2D eigenvalue weighted by atomic mass is 32.1. The van der Waals surface area contributed by atoms with Gasteiger partial charge in [0.15, 0.2) is 0 Å². The summed E-state index contributed by atoms with van der Waals surface area (Å²) >= 11 is 1.42. The smallest absolute Gasteiger partial charge is 0.305 e. The normalized spacial score (nSPS) is 15.5. The lowest BCUT2D eigenvalue weighted by Gasteiger charge is -2.22. The van der Waals surface area contributed by atoms with Gasteiger partial charge in [-0.05, 0) is 17.4 Å². The summed E-state index contributed by atoms with van der Waals surface area (Å²) in [7, 11) is 0. The van der Waals surface area contributed by atoms with Gasteiger partial charge in [-0.2, -0.15) is 0 Å². The summed E-state index contributed by atoms with van der Waals surface area (Å²) in [4.78, 5) is 23.7. The van der Waals surface area contributed by atoms with Crippen molar-refractivity contribution in [3.8, 4) is 0 Å². The molecule has 0 saturated heterocycles. The van der Waals surface area contributed by atoms with Crippen LogP contribution in [0.1, 0.15) is 37.6 Å². The number of carboxylic acids is 1. The predicted molar refractivity (Wildman–Crippen MR) is 74.9 cm³/mol. The van der Waals surface area contributed by atoms with Gasteiger partial charge in [0.2, 0.25) is 5.91 Å². The van der Waals surface area contributed by atoms with E-state index in [0.717, 1.165) is 11.3 Å². The fourth-order valence-corrected chi connectivity index (χ4v) is 2.45. The van der Waals surface area contributed by atoms with Crippen molar-refractivity contribution in [2.45, 2.75) is 38.8 Å². The van der Waals surface area contributed by atoms with Crippen LogP contribution in [0.4, 0.5) is 0 Å². The molecule has 0 saturated carbocycles. The molecule has 2 unspecified atom stereocenters. The fraction of sp³-hybridized carbons (Fsp3) is 0.538. The zero-order chi connectivity index (χ0) is 14.4. The summed E-state index contributed by atoms with van der Waals surface area (Å²) in [5, 5.41) is 13.5. The Morgan fingerprint density at radius 2 is 2.21 bits per heavy atom. The number of amides is 1. The molecule has 1 aromatic rings. The van der Waals surface area contributed by atoms with Crippen LogP contribution in [0.25, 0.3) is 0 Å². The summed E-state index contributed by atoms with van der Waals surface area (Å²) in [6, 6.07) is 2.52. The summed E-state index contributed by atoms with van der Waals surface area (Å²) in [6.07, 6.45) is 0.663. The summed E-state index contributed by atoms with van der Waals surface area (Å²) < 4.78 is 0. The van der Waals surface area contributed by atoms with Gasteiger partial charge in [0.25, 0.3) is 0 Å². The number of nitrogens with one attached hydrogen (secondary N) is 1. The van der Waals surface area contributed by atoms with E-state index in [1.807, 2.05) is 31.4 Å². The molecule has 0 fully saturated rings. The molecule has 0 aromatic carbocycles. The molecule has 1 rings (SSSR count). The third kappa shape index (κ3) is 4.65. The third-order valence-electron chi connectivity index (χ3n) is 3.14. The molecular formula is C13H20N2O3S. The number of carbonyl (C=O) groups is 2.